The number of nitrogens with one attached hydrogen (secondary N) is 1. The smallest absolute Gasteiger partial charge is 0.324 e. The summed E-state index contributed by atoms with van der Waals surface area (Å²) >= 11 is 0. The van der Waals surface area contributed by atoms with E-state index in [4.69, 9.17) is 15.2 Å². The summed E-state index contributed by atoms with van der Waals surface area (Å²) < 4.78 is 10.0. The van der Waals surface area contributed by atoms with Crippen molar-refractivity contribution in [3.05, 3.63) is 0 Å². The number of aromatic nitrogens is 3. The Morgan fingerprint density at radius 3 is 2.16 bits per heavy atom. The van der Waals surface area contributed by atoms with Crippen LogP contribution in [0.25, 0.3) is 0 Å². The Bertz CT molecular complexity index is 385. The second-order valence-electron chi connectivity index (χ2n) is 4.79. The third-order valence-corrected chi connectivity index (χ3v) is 3.40. The van der Waals surface area contributed by atoms with Crippen LogP contribution in [0.4, 0.5) is 5.95 Å². The van der Waals surface area contributed by atoms with Crippen LogP contribution in [0, 0.1) is 5.92 Å². The van der Waals surface area contributed by atoms with Gasteiger partial charge in [-0.25, -0.2) is 0 Å². The molecule has 0 atom stereocenters. The first-order valence-corrected chi connectivity index (χ1v) is 6.54. The highest BCUT2D eigenvalue weighted by Gasteiger charge is 2.18. The van der Waals surface area contributed by atoms with Gasteiger partial charge in [-0.2, -0.15) is 9.97 Å². The minimum absolute atomic E-state index is 0.250. The lowest BCUT2D eigenvalue weighted by Gasteiger charge is -2.26. The van der Waals surface area contributed by atoms with E-state index in [1.54, 1.807) is 0 Å². The van der Waals surface area contributed by atoms with Crippen LogP contribution in [0.5, 0.6) is 12.0 Å². The van der Waals surface area contributed by atoms with Crippen molar-refractivity contribution in [2.45, 2.75) is 31.7 Å². The second-order valence-corrected chi connectivity index (χ2v) is 4.79. The van der Waals surface area contributed by atoms with Gasteiger partial charge in [-0.05, 0) is 31.6 Å². The normalized spacial score (nSPS) is 22.9. The third kappa shape index (κ3) is 3.92. The second kappa shape index (κ2) is 6.51. The highest BCUT2D eigenvalue weighted by Crippen LogP contribution is 2.23. The number of nitrogens with two attached hydrogens (primary N) is 1. The predicted molar refractivity (Wildman–Crippen MR) is 71.4 cm³/mol. The number of hydrogen-bond acceptors (Lipinski definition) is 7. The van der Waals surface area contributed by atoms with Gasteiger partial charge in [0.1, 0.15) is 0 Å². The molecule has 1 saturated carbocycles. The van der Waals surface area contributed by atoms with Gasteiger partial charge in [-0.15, -0.1) is 4.98 Å². The first kappa shape index (κ1) is 13.8. The maximum absolute atomic E-state index is 5.89. The minimum atomic E-state index is 0.250. The monoisotopic (exact) mass is 267 g/mol. The van der Waals surface area contributed by atoms with Crippen molar-refractivity contribution in [1.82, 2.24) is 15.0 Å². The maximum Gasteiger partial charge on any atom is 0.324 e. The molecule has 1 aromatic heterocycles. The molecule has 0 bridgehead atoms. The number of nitrogens with zero attached hydrogens (tertiary/aromatic N) is 3. The molecular weight excluding hydrogens is 246 g/mol. The van der Waals surface area contributed by atoms with E-state index < -0.39 is 0 Å². The van der Waals surface area contributed by atoms with Crippen LogP contribution in [-0.4, -0.2) is 41.8 Å². The summed E-state index contributed by atoms with van der Waals surface area (Å²) in [4.78, 5) is 12.2. The van der Waals surface area contributed by atoms with Crippen molar-refractivity contribution >= 4 is 5.95 Å². The van der Waals surface area contributed by atoms with Gasteiger partial charge in [-0.3, -0.25) is 0 Å². The average Bonchev–Trinajstić information content (AvgIpc) is 2.46. The molecule has 7 heteroatoms. The molecule has 1 heterocycles. The SMILES string of the molecule is COc1nc(NCC2CCC(N)CC2)nc(OC)n1. The molecular formula is C12H21N5O2. The van der Waals surface area contributed by atoms with E-state index in [9.17, 15) is 0 Å². The fourth-order valence-corrected chi connectivity index (χ4v) is 2.23. The minimum Gasteiger partial charge on any atom is -0.467 e. The summed E-state index contributed by atoms with van der Waals surface area (Å²) in [6.07, 6.45) is 4.48. The molecule has 19 heavy (non-hydrogen) atoms. The fraction of sp³-hybridized carbons (Fsp3) is 0.750. The van der Waals surface area contributed by atoms with E-state index in [1.807, 2.05) is 0 Å². The lowest BCUT2D eigenvalue weighted by molar-refractivity contribution is 0.333. The molecule has 1 fully saturated rings. The molecule has 1 aromatic rings. The topological polar surface area (TPSA) is 95.2 Å². The summed E-state index contributed by atoms with van der Waals surface area (Å²) in [5, 5.41) is 3.22. The molecule has 0 saturated heterocycles. The van der Waals surface area contributed by atoms with Crippen molar-refractivity contribution in [1.29, 1.82) is 0 Å². The van der Waals surface area contributed by atoms with Gasteiger partial charge >= 0.3 is 12.0 Å². The Morgan fingerprint density at radius 1 is 1.05 bits per heavy atom. The molecule has 0 unspecified atom stereocenters. The molecule has 1 aliphatic rings. The molecule has 7 nitrogen and oxygen atoms in total. The molecule has 106 valence electrons. The molecule has 3 N–H and O–H groups in total. The Kier molecular flexibility index (Phi) is 4.73. The lowest BCUT2D eigenvalue weighted by Crippen LogP contribution is -2.29. The molecule has 0 spiro atoms. The van der Waals surface area contributed by atoms with Gasteiger partial charge in [0.05, 0.1) is 14.2 Å². The number of hydrogen-bond donors (Lipinski definition) is 2. The van der Waals surface area contributed by atoms with Crippen LogP contribution in [0.3, 0.4) is 0 Å². The number of rotatable bonds is 5. The van der Waals surface area contributed by atoms with E-state index in [-0.39, 0.29) is 12.0 Å². The zero-order valence-electron chi connectivity index (χ0n) is 11.4. The van der Waals surface area contributed by atoms with Crippen molar-refractivity contribution in [2.75, 3.05) is 26.1 Å². The summed E-state index contributed by atoms with van der Waals surface area (Å²) in [6.45, 7) is 0.836. The summed E-state index contributed by atoms with van der Waals surface area (Å²) in [5.41, 5.74) is 5.89. The van der Waals surface area contributed by atoms with Gasteiger partial charge in [0, 0.05) is 12.6 Å². The Morgan fingerprint density at radius 2 is 1.63 bits per heavy atom. The average molecular weight is 267 g/mol. The summed E-state index contributed by atoms with van der Waals surface area (Å²) in [7, 11) is 3.03. The van der Waals surface area contributed by atoms with E-state index in [2.05, 4.69) is 20.3 Å². The van der Waals surface area contributed by atoms with Gasteiger partial charge in [-0.1, -0.05) is 0 Å². The summed E-state index contributed by atoms with van der Waals surface area (Å²) in [5.74, 6) is 1.10. The zero-order chi connectivity index (χ0) is 13.7. The molecule has 0 aromatic carbocycles. The van der Waals surface area contributed by atoms with Crippen LogP contribution in [0.1, 0.15) is 25.7 Å². The number of anilines is 1. The first-order valence-electron chi connectivity index (χ1n) is 6.54. The van der Waals surface area contributed by atoms with E-state index >= 15 is 0 Å². The van der Waals surface area contributed by atoms with Gasteiger partial charge in [0.15, 0.2) is 0 Å². The largest absolute Gasteiger partial charge is 0.467 e. The van der Waals surface area contributed by atoms with E-state index in [0.29, 0.717) is 17.9 Å². The third-order valence-electron chi connectivity index (χ3n) is 3.40. The van der Waals surface area contributed by atoms with Crippen molar-refractivity contribution < 1.29 is 9.47 Å². The van der Waals surface area contributed by atoms with E-state index in [1.165, 1.54) is 14.2 Å². The summed E-state index contributed by atoms with van der Waals surface area (Å²) in [6, 6.07) is 0.869. The van der Waals surface area contributed by atoms with Crippen LogP contribution >= 0.6 is 0 Å². The van der Waals surface area contributed by atoms with Crippen molar-refractivity contribution in [3.8, 4) is 12.0 Å². The van der Waals surface area contributed by atoms with Crippen LogP contribution in [-0.2, 0) is 0 Å². The van der Waals surface area contributed by atoms with Gasteiger partial charge in [0.2, 0.25) is 5.95 Å². The molecule has 2 rings (SSSR count). The van der Waals surface area contributed by atoms with Crippen LogP contribution in [0.15, 0.2) is 0 Å². The van der Waals surface area contributed by atoms with Crippen molar-refractivity contribution in [2.24, 2.45) is 11.7 Å². The molecule has 0 amide bonds. The highest BCUT2D eigenvalue weighted by molar-refractivity contribution is 5.27. The quantitative estimate of drug-likeness (QED) is 0.815. The Hall–Kier alpha value is -1.63. The predicted octanol–water partition coefficient (Wildman–Crippen LogP) is 0.818. The number of ether oxygens (including phenoxy) is 2. The van der Waals surface area contributed by atoms with Gasteiger partial charge in [0.25, 0.3) is 0 Å². The Balaban J connectivity index is 1.91. The Labute approximate surface area is 112 Å². The van der Waals surface area contributed by atoms with E-state index in [0.717, 1.165) is 32.2 Å². The molecule has 1 aliphatic carbocycles. The van der Waals surface area contributed by atoms with Crippen molar-refractivity contribution in [3.63, 3.8) is 0 Å². The molecule has 0 aliphatic heterocycles. The lowest BCUT2D eigenvalue weighted by atomic mass is 9.86. The highest BCUT2D eigenvalue weighted by atomic mass is 16.5. The van der Waals surface area contributed by atoms with Crippen LogP contribution < -0.4 is 20.5 Å². The van der Waals surface area contributed by atoms with Gasteiger partial charge < -0.3 is 20.5 Å². The number of methoxy groups -OCH3 is 2. The zero-order valence-corrected chi connectivity index (χ0v) is 11.4. The molecule has 0 radical (unpaired) electrons. The first-order chi connectivity index (χ1) is 9.21. The standard InChI is InChI=1S/C12H21N5O2/c1-18-11-15-10(16-12(17-11)19-2)14-7-8-3-5-9(13)6-4-8/h8-9H,3-7,13H2,1-2H3,(H,14,15,16,17). The van der Waals surface area contributed by atoms with Crippen LogP contribution in [0.2, 0.25) is 0 Å². The fourth-order valence-electron chi connectivity index (χ4n) is 2.23. The maximum atomic E-state index is 5.89.